The quantitative estimate of drug-likeness (QED) is 0.183. The third-order valence-electron chi connectivity index (χ3n) is 11.5. The van der Waals surface area contributed by atoms with Crippen molar-refractivity contribution in [2.75, 3.05) is 0 Å². The molecule has 0 fully saturated rings. The first-order valence-corrected chi connectivity index (χ1v) is 21.0. The smallest absolute Gasteiger partial charge is 0.131 e. The van der Waals surface area contributed by atoms with Crippen LogP contribution >= 0.6 is 22.7 Å². The summed E-state index contributed by atoms with van der Waals surface area (Å²) < 4.78 is 7.63. The van der Waals surface area contributed by atoms with E-state index in [0.717, 1.165) is 17.0 Å². The zero-order valence-electron chi connectivity index (χ0n) is 30.7. The number of aliphatic imine (C=N–C) groups is 1. The van der Waals surface area contributed by atoms with Gasteiger partial charge in [-0.2, -0.15) is 0 Å². The molecule has 0 radical (unpaired) electrons. The van der Waals surface area contributed by atoms with Crippen molar-refractivity contribution in [3.05, 3.63) is 199 Å². The lowest BCUT2D eigenvalue weighted by molar-refractivity contribution is 0.411. The highest BCUT2D eigenvalue weighted by molar-refractivity contribution is 7.26. The normalized spacial score (nSPS) is 15.9. The molecule has 3 aromatic heterocycles. The summed E-state index contributed by atoms with van der Waals surface area (Å²) in [6.07, 6.45) is -0.344. The van der Waals surface area contributed by atoms with Crippen LogP contribution in [0.4, 0.5) is 0 Å². The fraction of sp³-hybridized carbons (Fsp3) is 0.0392. The van der Waals surface area contributed by atoms with Crippen molar-refractivity contribution in [2.24, 2.45) is 4.99 Å². The third kappa shape index (κ3) is 5.19. The lowest BCUT2D eigenvalue weighted by atomic mass is 9.98. The lowest BCUT2D eigenvalue weighted by Crippen LogP contribution is -2.45. The van der Waals surface area contributed by atoms with E-state index in [9.17, 15) is 0 Å². The van der Waals surface area contributed by atoms with Crippen LogP contribution in [-0.2, 0) is 0 Å². The maximum Gasteiger partial charge on any atom is 0.131 e. The van der Waals surface area contributed by atoms with Gasteiger partial charge in [-0.25, -0.2) is 4.99 Å². The molecule has 0 saturated heterocycles. The molecular weight excluding hydrogens is 733 g/mol. The molecular formula is C51H34N4S2. The summed E-state index contributed by atoms with van der Waals surface area (Å²) in [4.78, 5) is 5.17. The van der Waals surface area contributed by atoms with Crippen molar-refractivity contribution in [1.82, 2.24) is 15.2 Å². The van der Waals surface area contributed by atoms with E-state index in [-0.39, 0.29) is 12.3 Å². The molecule has 4 nitrogen and oxygen atoms in total. The minimum absolute atomic E-state index is 0.152. The largest absolute Gasteiger partial charge is 0.350 e. The standard InChI is InChI=1S/C51H34N4S2/c1-3-14-31(15-4-1)49-52-50(32-16-5-2-6-17-32)54-51(53-49)38-22-12-26-44-46(38)37-21-11-20-34(48(37)57-44)33-28-29-43-39(30-33)47-42(25-13-27-45(47)56-43)55-40-23-9-7-18-35(40)36-19-8-10-24-41(36)55/h1-30,49,51,53H,(H,52,54). The first-order valence-electron chi connectivity index (χ1n) is 19.4. The minimum Gasteiger partial charge on any atom is -0.350 e. The Morgan fingerprint density at radius 2 is 1.16 bits per heavy atom. The average molecular weight is 767 g/mol. The van der Waals surface area contributed by atoms with Gasteiger partial charge in [0, 0.05) is 56.7 Å². The molecule has 0 aliphatic carbocycles. The highest BCUT2D eigenvalue weighted by Gasteiger charge is 2.28. The second-order valence-electron chi connectivity index (χ2n) is 14.7. The van der Waals surface area contributed by atoms with Gasteiger partial charge < -0.3 is 9.88 Å². The highest BCUT2D eigenvalue weighted by Crippen LogP contribution is 2.46. The van der Waals surface area contributed by atoms with Crippen LogP contribution < -0.4 is 10.6 Å². The molecule has 0 amide bonds. The summed E-state index contributed by atoms with van der Waals surface area (Å²) in [5.74, 6) is 0.891. The Morgan fingerprint density at radius 1 is 0.491 bits per heavy atom. The van der Waals surface area contributed by atoms with Crippen LogP contribution in [-0.4, -0.2) is 10.4 Å². The van der Waals surface area contributed by atoms with Gasteiger partial charge in [0.15, 0.2) is 0 Å². The molecule has 8 aromatic carbocycles. The van der Waals surface area contributed by atoms with E-state index in [4.69, 9.17) is 4.99 Å². The summed E-state index contributed by atoms with van der Waals surface area (Å²) in [7, 11) is 0. The number of hydrogen-bond donors (Lipinski definition) is 2. The van der Waals surface area contributed by atoms with E-state index < -0.39 is 0 Å². The van der Waals surface area contributed by atoms with Crippen molar-refractivity contribution in [3.63, 3.8) is 0 Å². The Hall–Kier alpha value is -6.57. The first kappa shape index (κ1) is 32.7. The zero-order valence-corrected chi connectivity index (χ0v) is 32.3. The predicted molar refractivity (Wildman–Crippen MR) is 243 cm³/mol. The SMILES string of the molecule is c1ccc(C2=NC(c3ccccc3)NC(c3cccc4sc5c(-c6ccc7sc8cccc(-n9c%10ccccc%10c%10ccccc%109)c8c7c6)cccc5c34)N2)cc1. The number of fused-ring (bicyclic) bond motifs is 9. The topological polar surface area (TPSA) is 41.4 Å². The van der Waals surface area contributed by atoms with E-state index in [1.807, 2.05) is 22.7 Å². The molecule has 57 heavy (non-hydrogen) atoms. The van der Waals surface area contributed by atoms with Gasteiger partial charge in [0.05, 0.1) is 16.7 Å². The number of aromatic nitrogens is 1. The Balaban J connectivity index is 1.02. The Kier molecular flexibility index (Phi) is 7.45. The van der Waals surface area contributed by atoms with Gasteiger partial charge in [-0.15, -0.1) is 22.7 Å². The van der Waals surface area contributed by atoms with Crippen LogP contribution in [0.1, 0.15) is 29.0 Å². The summed E-state index contributed by atoms with van der Waals surface area (Å²) in [6, 6.07) is 65.9. The summed E-state index contributed by atoms with van der Waals surface area (Å²) >= 11 is 3.76. The number of nitrogens with one attached hydrogen (secondary N) is 2. The van der Waals surface area contributed by atoms with Crippen LogP contribution in [0, 0.1) is 0 Å². The molecule has 12 rings (SSSR count). The van der Waals surface area contributed by atoms with Crippen molar-refractivity contribution >= 4 is 90.7 Å². The minimum atomic E-state index is -0.192. The van der Waals surface area contributed by atoms with Crippen molar-refractivity contribution in [3.8, 4) is 16.8 Å². The second kappa shape index (κ2) is 13.0. The van der Waals surface area contributed by atoms with Gasteiger partial charge in [0.25, 0.3) is 0 Å². The van der Waals surface area contributed by atoms with Gasteiger partial charge >= 0.3 is 0 Å². The van der Waals surface area contributed by atoms with Gasteiger partial charge in [0.2, 0.25) is 0 Å². The Labute approximate surface area is 337 Å². The fourth-order valence-electron chi connectivity index (χ4n) is 8.95. The Bertz CT molecular complexity index is 3320. The van der Waals surface area contributed by atoms with Crippen LogP contribution in [0.5, 0.6) is 0 Å². The first-order chi connectivity index (χ1) is 28.3. The lowest BCUT2D eigenvalue weighted by Gasteiger charge is -2.32. The number of rotatable bonds is 5. The number of nitrogens with zero attached hydrogens (tertiary/aromatic N) is 2. The molecule has 0 saturated carbocycles. The number of para-hydroxylation sites is 2. The number of benzene rings is 8. The van der Waals surface area contributed by atoms with E-state index >= 15 is 0 Å². The van der Waals surface area contributed by atoms with Crippen molar-refractivity contribution < 1.29 is 0 Å². The fourth-order valence-corrected chi connectivity index (χ4v) is 11.3. The summed E-state index contributed by atoms with van der Waals surface area (Å²) in [5, 5.41) is 15.3. The molecule has 1 aliphatic rings. The molecule has 270 valence electrons. The number of hydrogen-bond acceptors (Lipinski definition) is 5. The molecule has 1 aliphatic heterocycles. The summed E-state index contributed by atoms with van der Waals surface area (Å²) in [6.45, 7) is 0. The van der Waals surface area contributed by atoms with Crippen LogP contribution in [0.2, 0.25) is 0 Å². The molecule has 2 N–H and O–H groups in total. The van der Waals surface area contributed by atoms with Crippen LogP contribution in [0.3, 0.4) is 0 Å². The number of amidine groups is 1. The van der Waals surface area contributed by atoms with Gasteiger partial charge in [0.1, 0.15) is 18.2 Å². The van der Waals surface area contributed by atoms with E-state index in [1.54, 1.807) is 0 Å². The van der Waals surface area contributed by atoms with Crippen molar-refractivity contribution in [1.29, 1.82) is 0 Å². The molecule has 6 heteroatoms. The third-order valence-corrected chi connectivity index (χ3v) is 13.8. The molecule has 11 aromatic rings. The molecule has 4 heterocycles. The van der Waals surface area contributed by atoms with Gasteiger partial charge in [-0.3, -0.25) is 5.32 Å². The maximum atomic E-state index is 5.17. The second-order valence-corrected chi connectivity index (χ2v) is 16.9. The number of thiophene rings is 2. The monoisotopic (exact) mass is 766 g/mol. The van der Waals surface area contributed by atoms with Crippen LogP contribution in [0.15, 0.2) is 187 Å². The van der Waals surface area contributed by atoms with Gasteiger partial charge in [-0.1, -0.05) is 140 Å². The van der Waals surface area contributed by atoms with Crippen molar-refractivity contribution in [2.45, 2.75) is 12.3 Å². The molecule has 2 atom stereocenters. The maximum absolute atomic E-state index is 5.17. The summed E-state index contributed by atoms with van der Waals surface area (Å²) in [5.41, 5.74) is 9.60. The van der Waals surface area contributed by atoms with E-state index in [0.29, 0.717) is 0 Å². The Morgan fingerprint density at radius 3 is 1.95 bits per heavy atom. The molecule has 0 bridgehead atoms. The van der Waals surface area contributed by atoms with E-state index in [2.05, 4.69) is 197 Å². The molecule has 2 unspecified atom stereocenters. The molecule has 0 spiro atoms. The van der Waals surface area contributed by atoms with Gasteiger partial charge in [-0.05, 0) is 64.7 Å². The average Bonchev–Trinajstić information content (AvgIpc) is 3.96. The highest BCUT2D eigenvalue weighted by atomic mass is 32.1. The zero-order chi connectivity index (χ0) is 37.5. The predicted octanol–water partition coefficient (Wildman–Crippen LogP) is 13.5. The van der Waals surface area contributed by atoms with Crippen LogP contribution in [0.25, 0.3) is 79.0 Å². The van der Waals surface area contributed by atoms with E-state index in [1.165, 1.54) is 84.5 Å².